The topological polar surface area (TPSA) is 59.5 Å². The average molecular weight is 342 g/mol. The first-order valence-corrected chi connectivity index (χ1v) is 8.67. The number of anilines is 1. The zero-order chi connectivity index (χ0) is 17.6. The summed E-state index contributed by atoms with van der Waals surface area (Å²) in [6, 6.07) is 6.83. The zero-order valence-electron chi connectivity index (χ0n) is 15.2. The van der Waals surface area contributed by atoms with Crippen LogP contribution in [0.5, 0.6) is 11.6 Å². The normalized spacial score (nSPS) is 15.8. The molecule has 1 aliphatic heterocycles. The van der Waals surface area contributed by atoms with Gasteiger partial charge >= 0.3 is 0 Å². The van der Waals surface area contributed by atoms with E-state index in [1.807, 2.05) is 0 Å². The highest BCUT2D eigenvalue weighted by molar-refractivity contribution is 5.45. The van der Waals surface area contributed by atoms with E-state index in [9.17, 15) is 0 Å². The van der Waals surface area contributed by atoms with E-state index in [4.69, 9.17) is 9.47 Å². The van der Waals surface area contributed by atoms with Gasteiger partial charge in [-0.2, -0.15) is 0 Å². The molecule has 6 nitrogen and oxygen atoms in total. The Bertz CT molecular complexity index is 700. The number of methoxy groups -OCH3 is 2. The third-order valence-corrected chi connectivity index (χ3v) is 4.65. The second kappa shape index (κ2) is 8.16. The van der Waals surface area contributed by atoms with Crippen molar-refractivity contribution in [2.45, 2.75) is 32.4 Å². The number of aryl methyl sites for hydroxylation is 1. The van der Waals surface area contributed by atoms with Crippen molar-refractivity contribution in [2.24, 2.45) is 0 Å². The molecule has 1 fully saturated rings. The molecule has 0 radical (unpaired) electrons. The van der Waals surface area contributed by atoms with E-state index in [1.165, 1.54) is 11.1 Å². The SMILES string of the molecule is COc1ccc(CN2CCC(Nc3nccnc3OC)CC2)cc1C. The Morgan fingerprint density at radius 2 is 1.88 bits per heavy atom. The summed E-state index contributed by atoms with van der Waals surface area (Å²) in [6.45, 7) is 5.19. The van der Waals surface area contributed by atoms with E-state index in [1.54, 1.807) is 26.6 Å². The predicted octanol–water partition coefficient (Wildman–Crippen LogP) is 2.88. The molecule has 1 N–H and O–H groups in total. The minimum atomic E-state index is 0.402. The number of ether oxygens (including phenoxy) is 2. The van der Waals surface area contributed by atoms with Gasteiger partial charge in [0.15, 0.2) is 5.82 Å². The van der Waals surface area contributed by atoms with Crippen LogP contribution in [0, 0.1) is 6.92 Å². The Morgan fingerprint density at radius 3 is 2.56 bits per heavy atom. The number of rotatable bonds is 6. The average Bonchev–Trinajstić information content (AvgIpc) is 2.64. The summed E-state index contributed by atoms with van der Waals surface area (Å²) >= 11 is 0. The van der Waals surface area contributed by atoms with Gasteiger partial charge in [-0.25, -0.2) is 9.97 Å². The van der Waals surface area contributed by atoms with Crippen molar-refractivity contribution in [3.8, 4) is 11.6 Å². The molecule has 0 unspecified atom stereocenters. The lowest BCUT2D eigenvalue weighted by atomic mass is 10.0. The molecule has 0 spiro atoms. The van der Waals surface area contributed by atoms with E-state index in [-0.39, 0.29) is 0 Å². The van der Waals surface area contributed by atoms with E-state index in [2.05, 4.69) is 45.3 Å². The van der Waals surface area contributed by atoms with Crippen molar-refractivity contribution < 1.29 is 9.47 Å². The van der Waals surface area contributed by atoms with Crippen molar-refractivity contribution in [1.82, 2.24) is 14.9 Å². The molecule has 0 aliphatic carbocycles. The van der Waals surface area contributed by atoms with Crippen LogP contribution < -0.4 is 14.8 Å². The molecule has 1 aliphatic rings. The molecule has 2 aromatic rings. The van der Waals surface area contributed by atoms with Gasteiger partial charge in [0.25, 0.3) is 5.88 Å². The molecule has 6 heteroatoms. The molecular weight excluding hydrogens is 316 g/mol. The minimum Gasteiger partial charge on any atom is -0.496 e. The van der Waals surface area contributed by atoms with Crippen LogP contribution in [0.3, 0.4) is 0 Å². The van der Waals surface area contributed by atoms with Gasteiger partial charge in [0, 0.05) is 38.1 Å². The van der Waals surface area contributed by atoms with E-state index in [0.29, 0.717) is 11.9 Å². The summed E-state index contributed by atoms with van der Waals surface area (Å²) in [4.78, 5) is 11.0. The highest BCUT2D eigenvalue weighted by Crippen LogP contribution is 2.23. The summed E-state index contributed by atoms with van der Waals surface area (Å²) in [5.74, 6) is 2.23. The molecular formula is C19H26N4O2. The van der Waals surface area contributed by atoms with Crippen LogP contribution in [0.4, 0.5) is 5.82 Å². The number of benzene rings is 1. The summed E-state index contributed by atoms with van der Waals surface area (Å²) in [7, 11) is 3.33. The first-order valence-electron chi connectivity index (χ1n) is 8.67. The lowest BCUT2D eigenvalue weighted by molar-refractivity contribution is 0.211. The Hall–Kier alpha value is -2.34. The van der Waals surface area contributed by atoms with Crippen LogP contribution in [0.2, 0.25) is 0 Å². The van der Waals surface area contributed by atoms with E-state index in [0.717, 1.165) is 44.0 Å². The number of hydrogen-bond acceptors (Lipinski definition) is 6. The summed E-state index contributed by atoms with van der Waals surface area (Å²) < 4.78 is 10.6. The van der Waals surface area contributed by atoms with Gasteiger partial charge in [-0.3, -0.25) is 4.90 Å². The lowest BCUT2D eigenvalue weighted by Gasteiger charge is -2.32. The van der Waals surface area contributed by atoms with Gasteiger partial charge in [0.2, 0.25) is 0 Å². The van der Waals surface area contributed by atoms with Crippen molar-refractivity contribution in [3.63, 3.8) is 0 Å². The molecule has 1 aromatic carbocycles. The van der Waals surface area contributed by atoms with Crippen LogP contribution in [-0.2, 0) is 6.54 Å². The molecule has 134 valence electrons. The number of nitrogens with zero attached hydrogens (tertiary/aromatic N) is 3. The monoisotopic (exact) mass is 342 g/mol. The largest absolute Gasteiger partial charge is 0.496 e. The van der Waals surface area contributed by atoms with Crippen molar-refractivity contribution in [2.75, 3.05) is 32.6 Å². The maximum absolute atomic E-state index is 5.34. The Morgan fingerprint density at radius 1 is 1.12 bits per heavy atom. The molecule has 1 aromatic heterocycles. The predicted molar refractivity (Wildman–Crippen MR) is 98.2 cm³/mol. The summed E-state index contributed by atoms with van der Waals surface area (Å²) in [6.07, 6.45) is 5.49. The zero-order valence-corrected chi connectivity index (χ0v) is 15.2. The number of piperidine rings is 1. The van der Waals surface area contributed by atoms with Crippen molar-refractivity contribution >= 4 is 5.82 Å². The second-order valence-electron chi connectivity index (χ2n) is 6.41. The molecule has 0 saturated carbocycles. The summed E-state index contributed by atoms with van der Waals surface area (Å²) in [5.41, 5.74) is 2.52. The number of nitrogens with one attached hydrogen (secondary N) is 1. The van der Waals surface area contributed by atoms with Gasteiger partial charge in [-0.15, -0.1) is 0 Å². The highest BCUT2D eigenvalue weighted by atomic mass is 16.5. The minimum absolute atomic E-state index is 0.402. The van der Waals surface area contributed by atoms with Crippen molar-refractivity contribution in [1.29, 1.82) is 0 Å². The Balaban J connectivity index is 1.52. The van der Waals surface area contributed by atoms with E-state index < -0.39 is 0 Å². The first kappa shape index (κ1) is 17.5. The molecule has 2 heterocycles. The molecule has 3 rings (SSSR count). The smallest absolute Gasteiger partial charge is 0.257 e. The van der Waals surface area contributed by atoms with Crippen LogP contribution in [0.25, 0.3) is 0 Å². The van der Waals surface area contributed by atoms with Gasteiger partial charge in [0.05, 0.1) is 14.2 Å². The molecule has 0 atom stereocenters. The fourth-order valence-electron chi connectivity index (χ4n) is 3.30. The maximum atomic E-state index is 5.34. The molecule has 1 saturated heterocycles. The van der Waals surface area contributed by atoms with Crippen LogP contribution in [0.1, 0.15) is 24.0 Å². The third-order valence-electron chi connectivity index (χ3n) is 4.65. The molecule has 0 bridgehead atoms. The van der Waals surface area contributed by atoms with Crippen LogP contribution >= 0.6 is 0 Å². The highest BCUT2D eigenvalue weighted by Gasteiger charge is 2.21. The quantitative estimate of drug-likeness (QED) is 0.871. The maximum Gasteiger partial charge on any atom is 0.257 e. The third kappa shape index (κ3) is 4.39. The standard InChI is InChI=1S/C19H26N4O2/c1-14-12-15(4-5-17(14)24-2)13-23-10-6-16(7-11-23)22-18-19(25-3)21-9-8-20-18/h4-5,8-9,12,16H,6-7,10-11,13H2,1-3H3,(H,20,22). The first-order chi connectivity index (χ1) is 12.2. The van der Waals surface area contributed by atoms with Crippen molar-refractivity contribution in [3.05, 3.63) is 41.7 Å². The number of aromatic nitrogens is 2. The van der Waals surface area contributed by atoms with Gasteiger partial charge in [0.1, 0.15) is 5.75 Å². The number of hydrogen-bond donors (Lipinski definition) is 1. The summed E-state index contributed by atoms with van der Waals surface area (Å²) in [5, 5.41) is 3.47. The Labute approximate surface area is 149 Å². The van der Waals surface area contributed by atoms with Gasteiger partial charge in [-0.05, 0) is 37.0 Å². The van der Waals surface area contributed by atoms with Crippen LogP contribution in [-0.4, -0.2) is 48.2 Å². The molecule has 0 amide bonds. The van der Waals surface area contributed by atoms with Gasteiger partial charge < -0.3 is 14.8 Å². The second-order valence-corrected chi connectivity index (χ2v) is 6.41. The fraction of sp³-hybridized carbons (Fsp3) is 0.474. The number of likely N-dealkylation sites (tertiary alicyclic amines) is 1. The fourth-order valence-corrected chi connectivity index (χ4v) is 3.30. The Kier molecular flexibility index (Phi) is 5.71. The molecule has 25 heavy (non-hydrogen) atoms. The van der Waals surface area contributed by atoms with E-state index >= 15 is 0 Å². The van der Waals surface area contributed by atoms with Crippen LogP contribution in [0.15, 0.2) is 30.6 Å². The van der Waals surface area contributed by atoms with Gasteiger partial charge in [-0.1, -0.05) is 12.1 Å². The lowest BCUT2D eigenvalue weighted by Crippen LogP contribution is -2.38.